The second-order valence-electron chi connectivity index (χ2n) is 6.70. The van der Waals surface area contributed by atoms with Crippen LogP contribution in [0, 0.1) is 0 Å². The van der Waals surface area contributed by atoms with Crippen molar-refractivity contribution in [3.63, 3.8) is 0 Å². The van der Waals surface area contributed by atoms with E-state index in [1.54, 1.807) is 18.2 Å². The summed E-state index contributed by atoms with van der Waals surface area (Å²) >= 11 is 11.9. The molecule has 0 radical (unpaired) electrons. The molecule has 2 aromatic rings. The minimum Gasteiger partial charge on any atom is -0.493 e. The van der Waals surface area contributed by atoms with Crippen LogP contribution in [0.25, 0.3) is 0 Å². The summed E-state index contributed by atoms with van der Waals surface area (Å²) in [7, 11) is 0. The number of hydrogen-bond donors (Lipinski definition) is 1. The Morgan fingerprint density at radius 2 is 1.96 bits per heavy atom. The van der Waals surface area contributed by atoms with Crippen molar-refractivity contribution in [2.75, 3.05) is 19.8 Å². The van der Waals surface area contributed by atoms with Crippen molar-refractivity contribution in [3.05, 3.63) is 58.1 Å². The third-order valence-corrected chi connectivity index (χ3v) is 5.12. The summed E-state index contributed by atoms with van der Waals surface area (Å²) in [6, 6.07) is 12.6. The molecule has 150 valence electrons. The smallest absolute Gasteiger partial charge is 0.336 e. The fraction of sp³-hybridized carbons (Fsp3) is 0.381. The minimum absolute atomic E-state index is 0.331. The SMILES string of the molecule is O=C(O)C1(Cc2cccc(OCCCOc3ccc(Cl)cc3Cl)c2)CCCO1. The molecule has 28 heavy (non-hydrogen) atoms. The lowest BCUT2D eigenvalue weighted by atomic mass is 9.91. The highest BCUT2D eigenvalue weighted by Crippen LogP contribution is 2.31. The van der Waals surface area contributed by atoms with Gasteiger partial charge in [-0.15, -0.1) is 0 Å². The van der Waals surface area contributed by atoms with E-state index in [1.165, 1.54) is 0 Å². The molecule has 0 spiro atoms. The van der Waals surface area contributed by atoms with E-state index < -0.39 is 11.6 Å². The Balaban J connectivity index is 1.47. The average molecular weight is 425 g/mol. The fourth-order valence-corrected chi connectivity index (χ4v) is 3.64. The zero-order valence-corrected chi connectivity index (χ0v) is 16.8. The van der Waals surface area contributed by atoms with Crippen LogP contribution in [0.4, 0.5) is 0 Å². The van der Waals surface area contributed by atoms with Crippen molar-refractivity contribution in [2.45, 2.75) is 31.3 Å². The van der Waals surface area contributed by atoms with E-state index in [9.17, 15) is 9.90 Å². The Morgan fingerprint density at radius 3 is 2.68 bits per heavy atom. The molecule has 0 aromatic heterocycles. The molecule has 0 aliphatic carbocycles. The Hall–Kier alpha value is -1.95. The minimum atomic E-state index is -1.12. The molecule has 5 nitrogen and oxygen atoms in total. The van der Waals surface area contributed by atoms with Crippen LogP contribution >= 0.6 is 23.2 Å². The molecule has 0 saturated carbocycles. The molecule has 0 amide bonds. The summed E-state index contributed by atoms with van der Waals surface area (Å²) in [5, 5.41) is 10.6. The van der Waals surface area contributed by atoms with Crippen molar-refractivity contribution in [3.8, 4) is 11.5 Å². The number of benzene rings is 2. The summed E-state index contributed by atoms with van der Waals surface area (Å²) in [6.07, 6.45) is 2.29. The topological polar surface area (TPSA) is 65.0 Å². The van der Waals surface area contributed by atoms with Crippen molar-refractivity contribution in [1.29, 1.82) is 0 Å². The fourth-order valence-electron chi connectivity index (χ4n) is 3.18. The molecule has 1 N–H and O–H groups in total. The zero-order valence-electron chi connectivity index (χ0n) is 15.3. The molecule has 1 unspecified atom stereocenters. The normalized spacial score (nSPS) is 18.8. The van der Waals surface area contributed by atoms with Gasteiger partial charge in [0.25, 0.3) is 0 Å². The van der Waals surface area contributed by atoms with Crippen LogP contribution in [-0.4, -0.2) is 36.5 Å². The molecule has 1 saturated heterocycles. The lowest BCUT2D eigenvalue weighted by Crippen LogP contribution is -2.40. The maximum atomic E-state index is 11.6. The highest BCUT2D eigenvalue weighted by atomic mass is 35.5. The van der Waals surface area contributed by atoms with Crippen molar-refractivity contribution >= 4 is 29.2 Å². The third-order valence-electron chi connectivity index (χ3n) is 4.59. The first-order valence-electron chi connectivity index (χ1n) is 9.15. The number of ether oxygens (including phenoxy) is 3. The van der Waals surface area contributed by atoms with Gasteiger partial charge in [-0.2, -0.15) is 0 Å². The van der Waals surface area contributed by atoms with Crippen LogP contribution in [0.3, 0.4) is 0 Å². The summed E-state index contributed by atoms with van der Waals surface area (Å²) in [4.78, 5) is 11.6. The number of halogens is 2. The number of carboxylic acid groups (broad SMARTS) is 1. The van der Waals surface area contributed by atoms with Gasteiger partial charge in [0.1, 0.15) is 11.5 Å². The van der Waals surface area contributed by atoms with Crippen molar-refractivity contribution in [2.24, 2.45) is 0 Å². The Bertz CT molecular complexity index is 818. The molecule has 0 bridgehead atoms. The average Bonchev–Trinajstić information content (AvgIpc) is 3.13. The molecule has 1 heterocycles. The quantitative estimate of drug-likeness (QED) is 0.572. The lowest BCUT2D eigenvalue weighted by molar-refractivity contribution is -0.159. The summed E-state index contributed by atoms with van der Waals surface area (Å²) in [5.41, 5.74) is -0.240. The van der Waals surface area contributed by atoms with Gasteiger partial charge in [-0.3, -0.25) is 0 Å². The van der Waals surface area contributed by atoms with Gasteiger partial charge < -0.3 is 19.3 Å². The van der Waals surface area contributed by atoms with E-state index in [-0.39, 0.29) is 0 Å². The number of rotatable bonds is 9. The zero-order chi connectivity index (χ0) is 20.0. The maximum Gasteiger partial charge on any atom is 0.336 e. The van der Waals surface area contributed by atoms with Gasteiger partial charge in [0, 0.05) is 24.5 Å². The second-order valence-corrected chi connectivity index (χ2v) is 7.54. The van der Waals surface area contributed by atoms with Crippen LogP contribution in [0.2, 0.25) is 10.0 Å². The Labute approximate surface area is 174 Å². The molecule has 1 aliphatic heterocycles. The van der Waals surface area contributed by atoms with Crippen LogP contribution < -0.4 is 9.47 Å². The highest BCUT2D eigenvalue weighted by molar-refractivity contribution is 6.35. The predicted octanol–water partition coefficient (Wildman–Crippen LogP) is 5.02. The first kappa shape index (κ1) is 20.8. The van der Waals surface area contributed by atoms with Crippen LogP contribution in [-0.2, 0) is 16.0 Å². The second kappa shape index (κ2) is 9.50. The molecular formula is C21H22Cl2O5. The van der Waals surface area contributed by atoms with E-state index in [2.05, 4.69) is 0 Å². The van der Waals surface area contributed by atoms with Crippen molar-refractivity contribution in [1.82, 2.24) is 0 Å². The van der Waals surface area contributed by atoms with E-state index in [0.29, 0.717) is 60.6 Å². The van der Waals surface area contributed by atoms with Crippen LogP contribution in [0.5, 0.6) is 11.5 Å². The van der Waals surface area contributed by atoms with Crippen LogP contribution in [0.15, 0.2) is 42.5 Å². The standard InChI is InChI=1S/C21H22Cl2O5/c22-16-6-7-19(18(23)13-16)27-10-3-9-26-17-5-1-4-15(12-17)14-21(20(24)25)8-2-11-28-21/h1,4-7,12-13H,2-3,8-11,14H2,(H,24,25). The van der Waals surface area contributed by atoms with E-state index in [0.717, 1.165) is 12.0 Å². The molecule has 7 heteroatoms. The molecule has 1 aliphatic rings. The monoisotopic (exact) mass is 424 g/mol. The molecular weight excluding hydrogens is 403 g/mol. The molecule has 3 rings (SSSR count). The summed E-state index contributed by atoms with van der Waals surface area (Å²) in [6.45, 7) is 1.41. The van der Waals surface area contributed by atoms with Gasteiger partial charge in [0.15, 0.2) is 5.60 Å². The van der Waals surface area contributed by atoms with Gasteiger partial charge in [-0.25, -0.2) is 4.79 Å². The van der Waals surface area contributed by atoms with Gasteiger partial charge in [0.05, 0.1) is 18.2 Å². The first-order chi connectivity index (χ1) is 13.5. The van der Waals surface area contributed by atoms with Gasteiger partial charge in [-0.1, -0.05) is 35.3 Å². The summed E-state index contributed by atoms with van der Waals surface area (Å²) in [5.74, 6) is 0.374. The Morgan fingerprint density at radius 1 is 1.14 bits per heavy atom. The predicted molar refractivity (Wildman–Crippen MR) is 108 cm³/mol. The lowest BCUT2D eigenvalue weighted by Gasteiger charge is -2.23. The maximum absolute atomic E-state index is 11.6. The Kier molecular flexibility index (Phi) is 7.05. The molecule has 1 atom stereocenters. The van der Waals surface area contributed by atoms with E-state index in [4.69, 9.17) is 37.4 Å². The van der Waals surface area contributed by atoms with Gasteiger partial charge >= 0.3 is 5.97 Å². The van der Waals surface area contributed by atoms with Gasteiger partial charge in [-0.05, 0) is 48.7 Å². The third kappa shape index (κ3) is 5.31. The number of carbonyl (C=O) groups is 1. The number of hydrogen-bond acceptors (Lipinski definition) is 4. The van der Waals surface area contributed by atoms with E-state index in [1.807, 2.05) is 24.3 Å². The van der Waals surface area contributed by atoms with Crippen molar-refractivity contribution < 1.29 is 24.1 Å². The van der Waals surface area contributed by atoms with E-state index >= 15 is 0 Å². The largest absolute Gasteiger partial charge is 0.493 e. The summed E-state index contributed by atoms with van der Waals surface area (Å²) < 4.78 is 16.9. The number of carboxylic acids is 1. The first-order valence-corrected chi connectivity index (χ1v) is 9.91. The van der Waals surface area contributed by atoms with Crippen LogP contribution in [0.1, 0.15) is 24.8 Å². The molecule has 2 aromatic carbocycles. The highest BCUT2D eigenvalue weighted by Gasteiger charge is 2.42. The van der Waals surface area contributed by atoms with Gasteiger partial charge in [0.2, 0.25) is 0 Å². The number of aliphatic carboxylic acids is 1. The molecule has 1 fully saturated rings.